The molecule has 8 heteroatoms. The van der Waals surface area contributed by atoms with Gasteiger partial charge in [-0.1, -0.05) is 73.3 Å². The fourth-order valence-electron chi connectivity index (χ4n) is 10.0. The minimum Gasteiger partial charge on any atom is -0.507 e. The molecule has 0 heterocycles. The number of phenols is 1. The Morgan fingerprint density at radius 3 is 2.26 bits per heavy atom. The Morgan fingerprint density at radius 1 is 1.10 bits per heavy atom. The van der Waals surface area contributed by atoms with E-state index in [9.17, 15) is 34.8 Å². The van der Waals surface area contributed by atoms with Crippen molar-refractivity contribution in [1.29, 1.82) is 0 Å². The molecule has 4 aliphatic rings. The van der Waals surface area contributed by atoms with Gasteiger partial charge in [0.2, 0.25) is 5.91 Å². The highest BCUT2D eigenvalue weighted by atomic mass is 16.4. The molecule has 8 nitrogen and oxygen atoms in total. The summed E-state index contributed by atoms with van der Waals surface area (Å²) in [6.45, 7) is 11.4. The van der Waals surface area contributed by atoms with E-state index in [0.717, 1.165) is 23.1 Å². The molecular formula is C34H49NO7. The summed E-state index contributed by atoms with van der Waals surface area (Å²) in [5, 5.41) is 47.2. The zero-order valence-corrected chi connectivity index (χ0v) is 25.9. The first kappa shape index (κ1) is 31.1. The molecule has 3 fully saturated rings. The largest absolute Gasteiger partial charge is 0.507 e. The zero-order valence-electron chi connectivity index (χ0n) is 25.9. The van der Waals surface area contributed by atoms with Gasteiger partial charge in [-0.3, -0.25) is 14.4 Å². The number of aromatic hydroxyl groups is 1. The number of aliphatic hydroxyl groups is 3. The van der Waals surface area contributed by atoms with Crippen LogP contribution in [-0.2, 0) is 22.4 Å². The number of hydrogen-bond donors (Lipinski definition) is 5. The Labute approximate surface area is 249 Å². The number of ketones is 2. The number of aliphatic hydroxyl groups excluding tert-OH is 2. The zero-order chi connectivity index (χ0) is 31.1. The fraction of sp³-hybridized carbons (Fsp3) is 0.735. The maximum absolute atomic E-state index is 14.5. The number of benzene rings is 1. The third-order valence-electron chi connectivity index (χ3n) is 11.8. The van der Waals surface area contributed by atoms with Crippen LogP contribution >= 0.6 is 0 Å². The summed E-state index contributed by atoms with van der Waals surface area (Å²) in [4.78, 5) is 40.8. The second-order valence-electron chi connectivity index (χ2n) is 15.2. The lowest BCUT2D eigenvalue weighted by molar-refractivity contribution is -0.265. The van der Waals surface area contributed by atoms with E-state index in [4.69, 9.17) is 5.73 Å². The van der Waals surface area contributed by atoms with Gasteiger partial charge in [0, 0.05) is 5.41 Å². The van der Waals surface area contributed by atoms with E-state index >= 15 is 0 Å². The minimum absolute atomic E-state index is 0.0626. The Kier molecular flexibility index (Phi) is 7.72. The summed E-state index contributed by atoms with van der Waals surface area (Å²) in [6, 6.07) is 2.05. The molecule has 1 aromatic carbocycles. The first-order valence-electron chi connectivity index (χ1n) is 15.8. The van der Waals surface area contributed by atoms with E-state index in [2.05, 4.69) is 13.8 Å². The highest BCUT2D eigenvalue weighted by Gasteiger charge is 2.76. The molecule has 0 bridgehead atoms. The molecule has 1 aromatic rings. The Morgan fingerprint density at radius 2 is 1.71 bits per heavy atom. The highest BCUT2D eigenvalue weighted by molar-refractivity contribution is 6.09. The fourth-order valence-corrected chi connectivity index (χ4v) is 10.0. The number of carbonyl (C=O) groups excluding carboxylic acids is 3. The molecule has 0 aromatic heterocycles. The van der Waals surface area contributed by atoms with Crippen molar-refractivity contribution in [2.45, 2.75) is 117 Å². The number of Topliss-reactive ketones (excluding diaryl/α,β-unsaturated/α-hetero) is 2. The van der Waals surface area contributed by atoms with Crippen LogP contribution in [0.3, 0.4) is 0 Å². The average molecular weight is 584 g/mol. The molecule has 0 saturated heterocycles. The van der Waals surface area contributed by atoms with Gasteiger partial charge >= 0.3 is 0 Å². The van der Waals surface area contributed by atoms with Crippen LogP contribution < -0.4 is 5.73 Å². The smallest absolute Gasteiger partial charge is 0.230 e. The summed E-state index contributed by atoms with van der Waals surface area (Å²) in [7, 11) is 0. The number of hydrogen-bond acceptors (Lipinski definition) is 7. The van der Waals surface area contributed by atoms with Crippen molar-refractivity contribution < 1.29 is 34.8 Å². The molecule has 232 valence electrons. The number of rotatable bonds is 6. The third-order valence-corrected chi connectivity index (χ3v) is 11.8. The summed E-state index contributed by atoms with van der Waals surface area (Å²) in [5.74, 6) is -5.89. The van der Waals surface area contributed by atoms with Crippen molar-refractivity contribution in [3.63, 3.8) is 0 Å². The van der Waals surface area contributed by atoms with Gasteiger partial charge in [0.05, 0.1) is 17.6 Å². The lowest BCUT2D eigenvalue weighted by atomic mass is 9.39. The van der Waals surface area contributed by atoms with Gasteiger partial charge in [0.15, 0.2) is 17.2 Å². The van der Waals surface area contributed by atoms with Crippen molar-refractivity contribution in [2.75, 3.05) is 0 Å². The standard InChI is InChI=1S/C34H49NO7/c1-16(2)20-13-19(12-11-18-9-7-8-10-18)26(36)22-21(20)14-32(5)15-33(6)24(17(3)4)28(38)23(31(35)41)29(39)34(33,42)30(40)25(32)27(22)37/h13,16-18,23-25,28,30,36,38,40,42H,7-12,14-15H2,1-6H3,(H2,35,41)/t23-,24+,25-,28?,30?,32-,33-,34+/m1/s1. The number of phenolic OH excluding ortho intramolecular Hbond substituents is 1. The second-order valence-corrected chi connectivity index (χ2v) is 15.2. The van der Waals surface area contributed by atoms with Crippen molar-refractivity contribution in [1.82, 2.24) is 0 Å². The van der Waals surface area contributed by atoms with Gasteiger partial charge in [-0.25, -0.2) is 0 Å². The Hall–Kier alpha value is -2.29. The summed E-state index contributed by atoms with van der Waals surface area (Å²) >= 11 is 0. The summed E-state index contributed by atoms with van der Waals surface area (Å²) < 4.78 is 0. The van der Waals surface area contributed by atoms with Crippen LogP contribution in [0.25, 0.3) is 0 Å². The summed E-state index contributed by atoms with van der Waals surface area (Å²) in [5.41, 5.74) is 3.50. The van der Waals surface area contributed by atoms with Crippen LogP contribution in [0.4, 0.5) is 0 Å². The van der Waals surface area contributed by atoms with E-state index in [1.54, 1.807) is 6.92 Å². The van der Waals surface area contributed by atoms with Crippen molar-refractivity contribution >= 4 is 17.5 Å². The van der Waals surface area contributed by atoms with Gasteiger partial charge in [-0.05, 0) is 71.5 Å². The molecule has 0 radical (unpaired) electrons. The maximum Gasteiger partial charge on any atom is 0.230 e. The molecule has 8 atom stereocenters. The molecule has 2 unspecified atom stereocenters. The molecule has 1 amide bonds. The van der Waals surface area contributed by atoms with Gasteiger partial charge < -0.3 is 26.2 Å². The SMILES string of the molecule is CC(C)c1cc(CCC2CCCC2)c(O)c2c1C[C@]1(C)C[C@]3(C)[C@@H](C(C)C)C(O)[C@@H](C(N)=O)C(=O)[C@]3(O)C(O)[C@H]1C2=O. The number of fused-ring (bicyclic) bond motifs is 3. The van der Waals surface area contributed by atoms with Crippen LogP contribution in [0, 0.1) is 40.4 Å². The van der Waals surface area contributed by atoms with Crippen LogP contribution in [0.5, 0.6) is 5.75 Å². The predicted molar refractivity (Wildman–Crippen MR) is 158 cm³/mol. The minimum atomic E-state index is -2.49. The molecule has 4 aliphatic carbocycles. The molecule has 0 aliphatic heterocycles. The van der Waals surface area contributed by atoms with Gasteiger partial charge in [-0.2, -0.15) is 0 Å². The van der Waals surface area contributed by atoms with Gasteiger partial charge in [-0.15, -0.1) is 0 Å². The third kappa shape index (κ3) is 4.22. The number of primary amides is 1. The van der Waals surface area contributed by atoms with E-state index < -0.39 is 63.9 Å². The first-order valence-corrected chi connectivity index (χ1v) is 15.8. The molecule has 42 heavy (non-hydrogen) atoms. The predicted octanol–water partition coefficient (Wildman–Crippen LogP) is 3.82. The normalized spacial score (nSPS) is 38.5. The quantitative estimate of drug-likeness (QED) is 0.319. The van der Waals surface area contributed by atoms with Crippen molar-refractivity contribution in [2.24, 2.45) is 46.2 Å². The second kappa shape index (κ2) is 10.4. The molecule has 3 saturated carbocycles. The average Bonchev–Trinajstić information content (AvgIpc) is 3.39. The molecule has 6 N–H and O–H groups in total. The molecular weight excluding hydrogens is 534 g/mol. The van der Waals surface area contributed by atoms with Crippen LogP contribution in [0.2, 0.25) is 0 Å². The first-order chi connectivity index (χ1) is 19.5. The van der Waals surface area contributed by atoms with E-state index in [0.29, 0.717) is 18.8 Å². The van der Waals surface area contributed by atoms with Gasteiger partial charge in [0.1, 0.15) is 17.8 Å². The number of aryl methyl sites for hydroxylation is 1. The van der Waals surface area contributed by atoms with Crippen LogP contribution in [-0.4, -0.2) is 55.7 Å². The number of amides is 1. The van der Waals surface area contributed by atoms with Crippen LogP contribution in [0.15, 0.2) is 6.07 Å². The molecule has 5 rings (SSSR count). The lowest BCUT2D eigenvalue weighted by Gasteiger charge is -2.66. The van der Waals surface area contributed by atoms with E-state index in [-0.39, 0.29) is 29.6 Å². The topological polar surface area (TPSA) is 158 Å². The molecule has 0 spiro atoms. The number of nitrogens with two attached hydrogens (primary N) is 1. The number of carbonyl (C=O) groups is 3. The Bertz CT molecular complexity index is 1300. The lowest BCUT2D eigenvalue weighted by Crippen LogP contribution is -2.79. The Balaban J connectivity index is 1.66. The van der Waals surface area contributed by atoms with Crippen molar-refractivity contribution in [3.8, 4) is 5.75 Å². The van der Waals surface area contributed by atoms with Crippen LogP contribution in [0.1, 0.15) is 113 Å². The summed E-state index contributed by atoms with van der Waals surface area (Å²) in [6.07, 6.45) is 3.61. The van der Waals surface area contributed by atoms with E-state index in [1.165, 1.54) is 25.7 Å². The highest BCUT2D eigenvalue weighted by Crippen LogP contribution is 2.66. The maximum atomic E-state index is 14.5. The van der Waals surface area contributed by atoms with Gasteiger partial charge in [0.25, 0.3) is 0 Å². The van der Waals surface area contributed by atoms with Crippen molar-refractivity contribution in [3.05, 3.63) is 28.3 Å². The monoisotopic (exact) mass is 583 g/mol. The van der Waals surface area contributed by atoms with E-state index in [1.807, 2.05) is 26.8 Å².